The number of halogens is 3. The summed E-state index contributed by atoms with van der Waals surface area (Å²) in [6.45, 7) is -0.793. The highest BCUT2D eigenvalue weighted by Crippen LogP contribution is 2.31. The molecule has 0 unspecified atom stereocenters. The molecule has 0 saturated carbocycles. The van der Waals surface area contributed by atoms with Gasteiger partial charge in [-0.2, -0.15) is 23.3 Å². The molecule has 2 N–H and O–H groups in total. The standard InChI is InChI=1S/C24H18F3N3O4/c25-24(26,27)19-7-4-8-20(13-19)30(29-14-16-5-2-1-3-6-16)21(31)15-34-23(33)18-11-9-17(10-12-18)22(28)32/h1-14H,15H2,(H2,28,32)/b29-14+. The molecule has 174 valence electrons. The van der Waals surface area contributed by atoms with Crippen molar-refractivity contribution in [2.45, 2.75) is 6.18 Å². The van der Waals surface area contributed by atoms with Gasteiger partial charge in [0.05, 0.1) is 23.0 Å². The van der Waals surface area contributed by atoms with Crippen molar-refractivity contribution in [1.29, 1.82) is 0 Å². The molecule has 0 heterocycles. The van der Waals surface area contributed by atoms with E-state index in [0.29, 0.717) is 5.56 Å². The van der Waals surface area contributed by atoms with Crippen LogP contribution in [0.5, 0.6) is 0 Å². The maximum atomic E-state index is 13.2. The zero-order valence-electron chi connectivity index (χ0n) is 17.5. The maximum absolute atomic E-state index is 13.2. The third kappa shape index (κ3) is 6.28. The van der Waals surface area contributed by atoms with Gasteiger partial charge in [-0.3, -0.25) is 9.59 Å². The van der Waals surface area contributed by atoms with E-state index in [1.165, 1.54) is 36.5 Å². The Morgan fingerprint density at radius 3 is 2.18 bits per heavy atom. The minimum atomic E-state index is -4.63. The van der Waals surface area contributed by atoms with Gasteiger partial charge < -0.3 is 10.5 Å². The van der Waals surface area contributed by atoms with Gasteiger partial charge in [-0.05, 0) is 48.0 Å². The van der Waals surface area contributed by atoms with Crippen molar-refractivity contribution in [1.82, 2.24) is 0 Å². The lowest BCUT2D eigenvalue weighted by molar-refractivity contribution is -0.137. The van der Waals surface area contributed by atoms with Crippen molar-refractivity contribution in [3.05, 3.63) is 101 Å². The van der Waals surface area contributed by atoms with Crippen LogP contribution in [0.15, 0.2) is 84.0 Å². The van der Waals surface area contributed by atoms with E-state index in [-0.39, 0.29) is 16.8 Å². The Hall–Kier alpha value is -4.47. The molecule has 0 radical (unpaired) electrons. The Balaban J connectivity index is 1.81. The number of esters is 1. The molecule has 0 atom stereocenters. The summed E-state index contributed by atoms with van der Waals surface area (Å²) in [6, 6.07) is 17.9. The van der Waals surface area contributed by atoms with Gasteiger partial charge in [-0.1, -0.05) is 36.4 Å². The molecule has 0 fully saturated rings. The zero-order valence-corrected chi connectivity index (χ0v) is 17.5. The minimum absolute atomic E-state index is 0.0520. The van der Waals surface area contributed by atoms with Gasteiger partial charge in [0.15, 0.2) is 6.61 Å². The summed E-state index contributed by atoms with van der Waals surface area (Å²) in [5, 5.41) is 4.75. The van der Waals surface area contributed by atoms with Crippen LogP contribution in [0.3, 0.4) is 0 Å². The number of benzene rings is 3. The quantitative estimate of drug-likeness (QED) is 0.321. The Labute approximate surface area is 192 Å². The minimum Gasteiger partial charge on any atom is -0.452 e. The average molecular weight is 469 g/mol. The summed E-state index contributed by atoms with van der Waals surface area (Å²) in [6.07, 6.45) is -3.33. The van der Waals surface area contributed by atoms with Crippen LogP contribution in [0.1, 0.15) is 31.8 Å². The second kappa shape index (κ2) is 10.4. The molecule has 3 aromatic carbocycles. The summed E-state index contributed by atoms with van der Waals surface area (Å²) >= 11 is 0. The first-order valence-corrected chi connectivity index (χ1v) is 9.81. The SMILES string of the molecule is NC(=O)c1ccc(C(=O)OCC(=O)N(/N=C/c2ccccc2)c2cccc(C(F)(F)F)c2)cc1. The Bertz CT molecular complexity index is 1210. The van der Waals surface area contributed by atoms with E-state index in [1.54, 1.807) is 30.3 Å². The normalized spacial score (nSPS) is 11.3. The molecule has 0 aliphatic carbocycles. The van der Waals surface area contributed by atoms with Crippen LogP contribution in [0.2, 0.25) is 0 Å². The second-order valence-corrected chi connectivity index (χ2v) is 6.93. The Morgan fingerprint density at radius 2 is 1.56 bits per heavy atom. The highest BCUT2D eigenvalue weighted by atomic mass is 19.4. The summed E-state index contributed by atoms with van der Waals surface area (Å²) in [4.78, 5) is 36.2. The van der Waals surface area contributed by atoms with Crippen molar-refractivity contribution < 1.29 is 32.3 Å². The number of ether oxygens (including phenoxy) is 1. The first kappa shape index (κ1) is 24.2. The third-order valence-electron chi connectivity index (χ3n) is 4.51. The first-order valence-electron chi connectivity index (χ1n) is 9.81. The molecule has 0 spiro atoms. The molecule has 7 nitrogen and oxygen atoms in total. The third-order valence-corrected chi connectivity index (χ3v) is 4.51. The molecule has 10 heteroatoms. The fourth-order valence-corrected chi connectivity index (χ4v) is 2.79. The number of rotatable bonds is 7. The van der Waals surface area contributed by atoms with Crippen LogP contribution in [-0.4, -0.2) is 30.6 Å². The number of nitrogens with two attached hydrogens (primary N) is 1. The van der Waals surface area contributed by atoms with Crippen LogP contribution >= 0.6 is 0 Å². The fourth-order valence-electron chi connectivity index (χ4n) is 2.79. The molecule has 0 saturated heterocycles. The second-order valence-electron chi connectivity index (χ2n) is 6.93. The molecule has 3 rings (SSSR count). The molecular weight excluding hydrogens is 451 g/mol. The molecular formula is C24H18F3N3O4. The average Bonchev–Trinajstić information content (AvgIpc) is 2.83. The van der Waals surface area contributed by atoms with Gasteiger partial charge in [-0.25, -0.2) is 4.79 Å². The number of alkyl halides is 3. The number of hydrazone groups is 1. The van der Waals surface area contributed by atoms with Crippen molar-refractivity contribution in [3.63, 3.8) is 0 Å². The lowest BCUT2D eigenvalue weighted by atomic mass is 10.1. The molecule has 0 aliphatic heterocycles. The molecule has 3 aromatic rings. The van der Waals surface area contributed by atoms with Gasteiger partial charge in [0.25, 0.3) is 5.91 Å². The lowest BCUT2D eigenvalue weighted by Gasteiger charge is -2.18. The number of carbonyl (C=O) groups is 3. The number of hydrogen-bond acceptors (Lipinski definition) is 5. The van der Waals surface area contributed by atoms with Crippen LogP contribution < -0.4 is 10.7 Å². The van der Waals surface area contributed by atoms with Crippen LogP contribution in [0.4, 0.5) is 18.9 Å². The predicted octanol–water partition coefficient (Wildman–Crippen LogP) is 4.03. The van der Waals surface area contributed by atoms with E-state index in [1.807, 2.05) is 0 Å². The van der Waals surface area contributed by atoms with Crippen molar-refractivity contribution in [2.75, 3.05) is 11.6 Å². The molecule has 0 bridgehead atoms. The number of primary amides is 1. The van der Waals surface area contributed by atoms with E-state index in [0.717, 1.165) is 23.2 Å². The molecule has 2 amide bonds. The largest absolute Gasteiger partial charge is 0.452 e. The Morgan fingerprint density at radius 1 is 0.912 bits per heavy atom. The number of amides is 2. The number of nitrogens with zero attached hydrogens (tertiary/aromatic N) is 2. The van der Waals surface area contributed by atoms with Crippen LogP contribution in [0, 0.1) is 0 Å². The number of anilines is 1. The van der Waals surface area contributed by atoms with Gasteiger partial charge in [-0.15, -0.1) is 0 Å². The number of hydrogen-bond donors (Lipinski definition) is 1. The molecule has 34 heavy (non-hydrogen) atoms. The lowest BCUT2D eigenvalue weighted by Crippen LogP contribution is -2.31. The highest BCUT2D eigenvalue weighted by molar-refractivity contribution is 5.99. The highest BCUT2D eigenvalue weighted by Gasteiger charge is 2.31. The topological polar surface area (TPSA) is 102 Å². The zero-order chi connectivity index (χ0) is 24.7. The summed E-state index contributed by atoms with van der Waals surface area (Å²) in [7, 11) is 0. The van der Waals surface area contributed by atoms with E-state index >= 15 is 0 Å². The van der Waals surface area contributed by atoms with Gasteiger partial charge in [0.2, 0.25) is 5.91 Å². The Kier molecular flexibility index (Phi) is 7.42. The van der Waals surface area contributed by atoms with E-state index < -0.39 is 36.1 Å². The predicted molar refractivity (Wildman–Crippen MR) is 118 cm³/mol. The van der Waals surface area contributed by atoms with Gasteiger partial charge >= 0.3 is 12.1 Å². The molecule has 0 aliphatic rings. The van der Waals surface area contributed by atoms with E-state index in [9.17, 15) is 27.6 Å². The van der Waals surface area contributed by atoms with Crippen LogP contribution in [0.25, 0.3) is 0 Å². The summed E-state index contributed by atoms with van der Waals surface area (Å²) in [5.41, 5.74) is 4.85. The first-order chi connectivity index (χ1) is 16.1. The maximum Gasteiger partial charge on any atom is 0.416 e. The summed E-state index contributed by atoms with van der Waals surface area (Å²) in [5.74, 6) is -2.43. The van der Waals surface area contributed by atoms with Crippen LogP contribution in [-0.2, 0) is 15.7 Å². The summed E-state index contributed by atoms with van der Waals surface area (Å²) < 4.78 is 44.5. The smallest absolute Gasteiger partial charge is 0.416 e. The monoisotopic (exact) mass is 469 g/mol. The van der Waals surface area contributed by atoms with Gasteiger partial charge in [0, 0.05) is 5.56 Å². The van der Waals surface area contributed by atoms with Gasteiger partial charge in [0.1, 0.15) is 0 Å². The van der Waals surface area contributed by atoms with E-state index in [4.69, 9.17) is 10.5 Å². The fraction of sp³-hybridized carbons (Fsp3) is 0.0833. The molecule has 0 aromatic heterocycles. The van der Waals surface area contributed by atoms with Crippen molar-refractivity contribution >= 4 is 29.7 Å². The van der Waals surface area contributed by atoms with Crippen molar-refractivity contribution in [2.24, 2.45) is 10.8 Å². The number of carbonyl (C=O) groups excluding carboxylic acids is 3. The van der Waals surface area contributed by atoms with E-state index in [2.05, 4.69) is 5.10 Å². The van der Waals surface area contributed by atoms with Crippen molar-refractivity contribution in [3.8, 4) is 0 Å².